The number of carbonyl (C=O) groups is 1. The van der Waals surface area contributed by atoms with Gasteiger partial charge in [0.15, 0.2) is 5.65 Å². The number of fused-ring (bicyclic) bond motifs is 1. The Labute approximate surface area is 201 Å². The number of nitro benzene ring substituents is 1. The van der Waals surface area contributed by atoms with E-state index in [0.717, 1.165) is 35.0 Å². The highest BCUT2D eigenvalue weighted by Gasteiger charge is 2.28. The average Bonchev–Trinajstić information content (AvgIpc) is 3.61. The van der Waals surface area contributed by atoms with Gasteiger partial charge in [-0.3, -0.25) is 14.9 Å². The van der Waals surface area contributed by atoms with Gasteiger partial charge in [0.1, 0.15) is 18.0 Å². The van der Waals surface area contributed by atoms with E-state index in [9.17, 15) is 14.9 Å². The molecule has 2 heterocycles. The molecule has 0 saturated heterocycles. The predicted octanol–water partition coefficient (Wildman–Crippen LogP) is 5.57. The summed E-state index contributed by atoms with van der Waals surface area (Å²) in [6, 6.07) is 12.0. The second-order valence-corrected chi connectivity index (χ2v) is 9.01. The van der Waals surface area contributed by atoms with Gasteiger partial charge >= 0.3 is 0 Å². The summed E-state index contributed by atoms with van der Waals surface area (Å²) in [6.45, 7) is 5.69. The van der Waals surface area contributed by atoms with Gasteiger partial charge in [-0.25, -0.2) is 9.67 Å². The molecule has 178 valence electrons. The highest BCUT2D eigenvalue weighted by Crippen LogP contribution is 2.43. The molecule has 4 aromatic rings. The average molecular weight is 472 g/mol. The molecule has 1 N–H and O–H groups in total. The number of aromatic nitrogens is 3. The van der Waals surface area contributed by atoms with E-state index >= 15 is 0 Å². The van der Waals surface area contributed by atoms with E-state index in [2.05, 4.69) is 15.4 Å². The van der Waals surface area contributed by atoms with Crippen LogP contribution in [0.3, 0.4) is 0 Å². The van der Waals surface area contributed by atoms with Crippen LogP contribution in [0.5, 0.6) is 11.5 Å². The quantitative estimate of drug-likeness (QED) is 0.278. The van der Waals surface area contributed by atoms with Gasteiger partial charge < -0.3 is 10.1 Å². The molecule has 0 unspecified atom stereocenters. The van der Waals surface area contributed by atoms with Crippen LogP contribution < -0.4 is 10.1 Å². The van der Waals surface area contributed by atoms with E-state index in [0.29, 0.717) is 17.3 Å². The van der Waals surface area contributed by atoms with Crippen LogP contribution in [-0.2, 0) is 11.3 Å². The fourth-order valence-corrected chi connectivity index (χ4v) is 4.26. The SMILES string of the molecule is Cc1ccc(C)c(Oc2cc(NC(=O)Cn3nc(C)c4c(C5CC5)ccnc43)cc([N+](=O)[O-])c2)c1. The first-order valence-corrected chi connectivity index (χ1v) is 11.4. The van der Waals surface area contributed by atoms with Crippen molar-refractivity contribution in [3.63, 3.8) is 0 Å². The lowest BCUT2D eigenvalue weighted by Gasteiger charge is -2.12. The molecule has 5 rings (SSSR count). The standard InChI is InChI=1S/C26H25N5O4/c1-15-4-5-16(2)23(10-15)35-21-12-19(11-20(13-21)31(33)34)28-24(32)14-30-26-25(17(3)29-30)22(8-9-27-26)18-6-7-18/h4-5,8-13,18H,6-7,14H2,1-3H3,(H,28,32). The molecular weight excluding hydrogens is 446 g/mol. The maximum atomic E-state index is 12.9. The second kappa shape index (κ2) is 8.83. The number of amides is 1. The van der Waals surface area contributed by atoms with Crippen molar-refractivity contribution < 1.29 is 14.5 Å². The van der Waals surface area contributed by atoms with E-state index in [-0.39, 0.29) is 29.6 Å². The lowest BCUT2D eigenvalue weighted by molar-refractivity contribution is -0.384. The van der Waals surface area contributed by atoms with Crippen molar-refractivity contribution in [3.05, 3.63) is 81.2 Å². The van der Waals surface area contributed by atoms with Crippen LogP contribution in [-0.4, -0.2) is 25.6 Å². The number of nitrogens with one attached hydrogen (secondary N) is 1. The minimum absolute atomic E-state index is 0.0681. The molecule has 1 aliphatic rings. The summed E-state index contributed by atoms with van der Waals surface area (Å²) in [5.74, 6) is 1.02. The largest absolute Gasteiger partial charge is 0.457 e. The third kappa shape index (κ3) is 4.70. The predicted molar refractivity (Wildman–Crippen MR) is 132 cm³/mol. The molecule has 1 amide bonds. The van der Waals surface area contributed by atoms with Crippen LogP contribution in [0.25, 0.3) is 11.0 Å². The van der Waals surface area contributed by atoms with Crippen molar-refractivity contribution in [2.24, 2.45) is 0 Å². The number of nitro groups is 1. The molecule has 1 aliphatic carbocycles. The Balaban J connectivity index is 1.40. The fourth-order valence-electron chi connectivity index (χ4n) is 4.26. The second-order valence-electron chi connectivity index (χ2n) is 9.01. The summed E-state index contributed by atoms with van der Waals surface area (Å²) in [5.41, 5.74) is 4.72. The third-order valence-corrected chi connectivity index (χ3v) is 6.11. The summed E-state index contributed by atoms with van der Waals surface area (Å²) >= 11 is 0. The Bertz CT molecular complexity index is 1470. The highest BCUT2D eigenvalue weighted by molar-refractivity contribution is 5.92. The van der Waals surface area contributed by atoms with Crippen LogP contribution >= 0.6 is 0 Å². The summed E-state index contributed by atoms with van der Waals surface area (Å²) in [4.78, 5) is 28.4. The zero-order valence-electron chi connectivity index (χ0n) is 19.7. The number of anilines is 1. The summed E-state index contributed by atoms with van der Waals surface area (Å²) in [7, 11) is 0. The highest BCUT2D eigenvalue weighted by atomic mass is 16.6. The molecule has 0 aliphatic heterocycles. The fraction of sp³-hybridized carbons (Fsp3) is 0.269. The topological polar surface area (TPSA) is 112 Å². The number of pyridine rings is 1. The van der Waals surface area contributed by atoms with Crippen molar-refractivity contribution in [2.75, 3.05) is 5.32 Å². The molecule has 1 fully saturated rings. The maximum absolute atomic E-state index is 12.9. The number of hydrogen-bond acceptors (Lipinski definition) is 6. The Morgan fingerprint density at radius 1 is 1.17 bits per heavy atom. The smallest absolute Gasteiger partial charge is 0.275 e. The van der Waals surface area contributed by atoms with Gasteiger partial charge in [0.2, 0.25) is 5.91 Å². The number of hydrogen-bond donors (Lipinski definition) is 1. The molecule has 35 heavy (non-hydrogen) atoms. The summed E-state index contributed by atoms with van der Waals surface area (Å²) < 4.78 is 7.52. The zero-order valence-corrected chi connectivity index (χ0v) is 19.7. The molecule has 0 atom stereocenters. The van der Waals surface area contributed by atoms with E-state index in [1.807, 2.05) is 45.0 Å². The number of carbonyl (C=O) groups excluding carboxylic acids is 1. The summed E-state index contributed by atoms with van der Waals surface area (Å²) in [5, 5.41) is 19.8. The van der Waals surface area contributed by atoms with Crippen molar-refractivity contribution in [2.45, 2.75) is 46.1 Å². The minimum Gasteiger partial charge on any atom is -0.457 e. The third-order valence-electron chi connectivity index (χ3n) is 6.11. The van der Waals surface area contributed by atoms with Gasteiger partial charge in [-0.1, -0.05) is 12.1 Å². The van der Waals surface area contributed by atoms with Crippen LogP contribution in [0.15, 0.2) is 48.7 Å². The van der Waals surface area contributed by atoms with E-state index < -0.39 is 4.92 Å². The summed E-state index contributed by atoms with van der Waals surface area (Å²) in [6.07, 6.45) is 4.07. The molecule has 0 radical (unpaired) electrons. The van der Waals surface area contributed by atoms with Crippen LogP contribution in [0.4, 0.5) is 11.4 Å². The van der Waals surface area contributed by atoms with E-state index in [1.54, 1.807) is 16.9 Å². The Hall–Kier alpha value is -4.27. The lowest BCUT2D eigenvalue weighted by Crippen LogP contribution is -2.20. The van der Waals surface area contributed by atoms with Gasteiger partial charge in [0.25, 0.3) is 5.69 Å². The number of benzene rings is 2. The van der Waals surface area contributed by atoms with Crippen molar-refractivity contribution in [1.82, 2.24) is 14.8 Å². The van der Waals surface area contributed by atoms with E-state index in [4.69, 9.17) is 4.74 Å². The molecular formula is C26H25N5O4. The first kappa shape index (κ1) is 22.5. The molecule has 0 spiro atoms. The van der Waals surface area contributed by atoms with Crippen molar-refractivity contribution in [3.8, 4) is 11.5 Å². The van der Waals surface area contributed by atoms with Gasteiger partial charge in [0.05, 0.1) is 22.4 Å². The monoisotopic (exact) mass is 471 g/mol. The number of non-ortho nitro benzene ring substituents is 1. The van der Waals surface area contributed by atoms with Gasteiger partial charge in [0, 0.05) is 23.7 Å². The number of aryl methyl sites for hydroxylation is 3. The van der Waals surface area contributed by atoms with Gasteiger partial charge in [-0.15, -0.1) is 0 Å². The maximum Gasteiger partial charge on any atom is 0.275 e. The minimum atomic E-state index is -0.515. The number of ether oxygens (including phenoxy) is 1. The Morgan fingerprint density at radius 2 is 1.97 bits per heavy atom. The zero-order chi connectivity index (χ0) is 24.7. The molecule has 1 saturated carbocycles. The first-order chi connectivity index (χ1) is 16.8. The Kier molecular flexibility index (Phi) is 5.68. The van der Waals surface area contributed by atoms with Crippen LogP contribution in [0.1, 0.15) is 41.1 Å². The normalized spacial score (nSPS) is 13.1. The first-order valence-electron chi connectivity index (χ1n) is 11.4. The molecule has 0 bridgehead atoms. The number of nitrogens with zero attached hydrogens (tertiary/aromatic N) is 4. The van der Waals surface area contributed by atoms with Gasteiger partial charge in [-0.2, -0.15) is 5.10 Å². The van der Waals surface area contributed by atoms with Crippen molar-refractivity contribution >= 4 is 28.3 Å². The number of rotatable bonds is 7. The molecule has 2 aromatic heterocycles. The van der Waals surface area contributed by atoms with E-state index in [1.165, 1.54) is 17.7 Å². The lowest BCUT2D eigenvalue weighted by atomic mass is 10.1. The molecule has 9 heteroatoms. The van der Waals surface area contributed by atoms with Crippen LogP contribution in [0, 0.1) is 30.9 Å². The van der Waals surface area contributed by atoms with Crippen LogP contribution in [0.2, 0.25) is 0 Å². The van der Waals surface area contributed by atoms with Gasteiger partial charge in [-0.05, 0) is 68.4 Å². The molecule has 9 nitrogen and oxygen atoms in total. The van der Waals surface area contributed by atoms with Crippen molar-refractivity contribution in [1.29, 1.82) is 0 Å². The Morgan fingerprint density at radius 3 is 2.71 bits per heavy atom. The molecule has 2 aromatic carbocycles.